The van der Waals surface area contributed by atoms with Gasteiger partial charge in [0.1, 0.15) is 5.75 Å². The molecule has 0 saturated heterocycles. The van der Waals surface area contributed by atoms with Crippen molar-refractivity contribution < 1.29 is 4.74 Å². The van der Waals surface area contributed by atoms with E-state index in [1.165, 1.54) is 24.0 Å². The average Bonchev–Trinajstić information content (AvgIpc) is 2.37. The summed E-state index contributed by atoms with van der Waals surface area (Å²) in [5, 5.41) is 0.882. The minimum atomic E-state index is 0.423. The van der Waals surface area contributed by atoms with Gasteiger partial charge in [0, 0.05) is 16.6 Å². The van der Waals surface area contributed by atoms with Crippen molar-refractivity contribution in [3.63, 3.8) is 0 Å². The number of nitrogens with zero attached hydrogens (tertiary/aromatic N) is 1. The minimum Gasteiger partial charge on any atom is -0.493 e. The molecule has 2 nitrogen and oxygen atoms in total. The lowest BCUT2D eigenvalue weighted by molar-refractivity contribution is 0.262. The first-order chi connectivity index (χ1) is 8.65. The second-order valence-corrected chi connectivity index (χ2v) is 5.57. The van der Waals surface area contributed by atoms with Gasteiger partial charge in [-0.15, -0.1) is 0 Å². The van der Waals surface area contributed by atoms with Crippen LogP contribution in [-0.2, 0) is 6.42 Å². The molecular formula is C15H22ClNO. The highest BCUT2D eigenvalue weighted by atomic mass is 35.5. The smallest absolute Gasteiger partial charge is 0.122 e. The summed E-state index contributed by atoms with van der Waals surface area (Å²) in [7, 11) is 4.24. The lowest BCUT2D eigenvalue weighted by Gasteiger charge is -2.32. The molecule has 1 aromatic rings. The third-order valence-corrected chi connectivity index (χ3v) is 3.91. The zero-order valence-corrected chi connectivity index (χ0v) is 12.3. The number of benzene rings is 1. The van der Waals surface area contributed by atoms with Crippen molar-refractivity contribution in [2.45, 2.75) is 38.6 Å². The SMILES string of the molecule is CCCOc1ccc(Cl)c2c1CCCC2N(C)C. The van der Waals surface area contributed by atoms with Crippen molar-refractivity contribution >= 4 is 11.6 Å². The average molecular weight is 268 g/mol. The van der Waals surface area contributed by atoms with Gasteiger partial charge in [0.15, 0.2) is 0 Å². The van der Waals surface area contributed by atoms with E-state index >= 15 is 0 Å². The van der Waals surface area contributed by atoms with E-state index in [-0.39, 0.29) is 0 Å². The van der Waals surface area contributed by atoms with Gasteiger partial charge in [-0.1, -0.05) is 18.5 Å². The van der Waals surface area contributed by atoms with E-state index in [0.717, 1.165) is 30.2 Å². The maximum absolute atomic E-state index is 6.40. The van der Waals surface area contributed by atoms with E-state index in [9.17, 15) is 0 Å². The van der Waals surface area contributed by atoms with Gasteiger partial charge in [0.25, 0.3) is 0 Å². The Morgan fingerprint density at radius 1 is 1.39 bits per heavy atom. The predicted octanol–water partition coefficient (Wildman–Crippen LogP) is 4.07. The summed E-state index contributed by atoms with van der Waals surface area (Å²) < 4.78 is 5.86. The second kappa shape index (κ2) is 5.94. The van der Waals surface area contributed by atoms with Gasteiger partial charge in [0.2, 0.25) is 0 Å². The maximum Gasteiger partial charge on any atom is 0.122 e. The predicted molar refractivity (Wildman–Crippen MR) is 76.6 cm³/mol. The van der Waals surface area contributed by atoms with Crippen LogP contribution in [0.3, 0.4) is 0 Å². The number of fused-ring (bicyclic) bond motifs is 1. The van der Waals surface area contributed by atoms with Crippen molar-refractivity contribution in [3.05, 3.63) is 28.3 Å². The van der Waals surface area contributed by atoms with E-state index in [4.69, 9.17) is 16.3 Å². The van der Waals surface area contributed by atoms with Crippen LogP contribution in [0.4, 0.5) is 0 Å². The van der Waals surface area contributed by atoms with Crippen LogP contribution >= 0.6 is 11.6 Å². The fraction of sp³-hybridized carbons (Fsp3) is 0.600. The standard InChI is InChI=1S/C15H22ClNO/c1-4-10-18-14-9-8-12(16)15-11(14)6-5-7-13(15)17(2)3/h8-9,13H,4-7,10H2,1-3H3. The summed E-state index contributed by atoms with van der Waals surface area (Å²) in [5.74, 6) is 1.03. The molecule has 0 N–H and O–H groups in total. The molecule has 1 atom stereocenters. The van der Waals surface area contributed by atoms with Crippen molar-refractivity contribution in [2.24, 2.45) is 0 Å². The molecule has 0 spiro atoms. The monoisotopic (exact) mass is 267 g/mol. The Kier molecular flexibility index (Phi) is 4.52. The number of rotatable bonds is 4. The van der Waals surface area contributed by atoms with Crippen molar-refractivity contribution in [2.75, 3.05) is 20.7 Å². The van der Waals surface area contributed by atoms with Crippen molar-refractivity contribution in [1.82, 2.24) is 4.90 Å². The topological polar surface area (TPSA) is 12.5 Å². The van der Waals surface area contributed by atoms with Crippen LogP contribution in [0.5, 0.6) is 5.75 Å². The van der Waals surface area contributed by atoms with E-state index in [2.05, 4.69) is 25.9 Å². The summed E-state index contributed by atoms with van der Waals surface area (Å²) in [6.45, 7) is 2.91. The van der Waals surface area contributed by atoms with Gasteiger partial charge in [-0.3, -0.25) is 0 Å². The zero-order chi connectivity index (χ0) is 13.1. The van der Waals surface area contributed by atoms with Gasteiger partial charge in [0.05, 0.1) is 6.61 Å². The fourth-order valence-electron chi connectivity index (χ4n) is 2.71. The van der Waals surface area contributed by atoms with E-state index in [0.29, 0.717) is 6.04 Å². The van der Waals surface area contributed by atoms with Crippen LogP contribution < -0.4 is 4.74 Å². The first-order valence-corrected chi connectivity index (χ1v) is 7.13. The molecule has 1 aromatic carbocycles. The summed E-state index contributed by atoms with van der Waals surface area (Å²) in [6.07, 6.45) is 4.50. The second-order valence-electron chi connectivity index (χ2n) is 5.16. The molecular weight excluding hydrogens is 246 g/mol. The van der Waals surface area contributed by atoms with Crippen LogP contribution in [0.1, 0.15) is 43.4 Å². The maximum atomic E-state index is 6.40. The summed E-state index contributed by atoms with van der Waals surface area (Å²) in [5.41, 5.74) is 2.60. The Morgan fingerprint density at radius 3 is 2.83 bits per heavy atom. The number of hydrogen-bond donors (Lipinski definition) is 0. The lowest BCUT2D eigenvalue weighted by atomic mass is 9.86. The molecule has 0 bridgehead atoms. The largest absolute Gasteiger partial charge is 0.493 e. The first-order valence-electron chi connectivity index (χ1n) is 6.75. The van der Waals surface area contributed by atoms with E-state index in [1.54, 1.807) is 0 Å². The van der Waals surface area contributed by atoms with Gasteiger partial charge in [-0.25, -0.2) is 0 Å². The number of hydrogen-bond acceptors (Lipinski definition) is 2. The molecule has 0 radical (unpaired) electrons. The third-order valence-electron chi connectivity index (χ3n) is 3.58. The third kappa shape index (κ3) is 2.65. The summed E-state index contributed by atoms with van der Waals surface area (Å²) >= 11 is 6.40. The van der Waals surface area contributed by atoms with Crippen LogP contribution in [0.15, 0.2) is 12.1 Å². The van der Waals surface area contributed by atoms with Crippen molar-refractivity contribution in [3.8, 4) is 5.75 Å². The quantitative estimate of drug-likeness (QED) is 0.815. The van der Waals surface area contributed by atoms with Gasteiger partial charge in [-0.05, 0) is 57.5 Å². The van der Waals surface area contributed by atoms with Gasteiger partial charge >= 0.3 is 0 Å². The molecule has 18 heavy (non-hydrogen) atoms. The zero-order valence-electron chi connectivity index (χ0n) is 11.5. The Bertz CT molecular complexity index is 417. The molecule has 1 aliphatic carbocycles. The Morgan fingerprint density at radius 2 is 2.17 bits per heavy atom. The van der Waals surface area contributed by atoms with E-state index in [1.807, 2.05) is 12.1 Å². The highest BCUT2D eigenvalue weighted by molar-refractivity contribution is 6.31. The van der Waals surface area contributed by atoms with Crippen LogP contribution in [0.2, 0.25) is 5.02 Å². The Balaban J connectivity index is 2.40. The summed E-state index contributed by atoms with van der Waals surface area (Å²) in [6, 6.07) is 4.42. The molecule has 100 valence electrons. The van der Waals surface area contributed by atoms with Crippen LogP contribution in [0.25, 0.3) is 0 Å². The molecule has 0 saturated carbocycles. The Labute approximate surface area is 115 Å². The number of ether oxygens (including phenoxy) is 1. The molecule has 0 fully saturated rings. The highest BCUT2D eigenvalue weighted by Gasteiger charge is 2.26. The molecule has 2 rings (SSSR count). The number of halogens is 1. The minimum absolute atomic E-state index is 0.423. The fourth-order valence-corrected chi connectivity index (χ4v) is 3.02. The molecule has 3 heteroatoms. The van der Waals surface area contributed by atoms with Crippen LogP contribution in [0, 0.1) is 0 Å². The normalized spacial score (nSPS) is 18.8. The Hall–Kier alpha value is -0.730. The highest BCUT2D eigenvalue weighted by Crippen LogP contribution is 2.41. The summed E-state index contributed by atoms with van der Waals surface area (Å²) in [4.78, 5) is 2.26. The first kappa shape index (κ1) is 13.7. The molecule has 0 heterocycles. The molecule has 1 unspecified atom stereocenters. The van der Waals surface area contributed by atoms with Crippen LogP contribution in [-0.4, -0.2) is 25.6 Å². The molecule has 1 aliphatic rings. The van der Waals surface area contributed by atoms with Gasteiger partial charge < -0.3 is 9.64 Å². The van der Waals surface area contributed by atoms with Crippen molar-refractivity contribution in [1.29, 1.82) is 0 Å². The molecule has 0 aromatic heterocycles. The van der Waals surface area contributed by atoms with Gasteiger partial charge in [-0.2, -0.15) is 0 Å². The molecule has 0 aliphatic heterocycles. The van der Waals surface area contributed by atoms with E-state index < -0.39 is 0 Å². The molecule has 0 amide bonds. The lowest BCUT2D eigenvalue weighted by Crippen LogP contribution is -2.25.